The number of nitrogens with one attached hydrogen (secondary N) is 3. The Morgan fingerprint density at radius 2 is 1.84 bits per heavy atom. The van der Waals surface area contributed by atoms with Gasteiger partial charge >= 0.3 is 12.0 Å². The number of carbonyl (C=O) groups is 3. The lowest BCUT2D eigenvalue weighted by Crippen LogP contribution is -2.51. The van der Waals surface area contributed by atoms with Crippen molar-refractivity contribution in [3.63, 3.8) is 0 Å². The molecule has 0 spiro atoms. The monoisotopic (exact) mass is 369 g/mol. The highest BCUT2D eigenvalue weighted by atomic mass is 35.5. The van der Waals surface area contributed by atoms with Crippen LogP contribution in [-0.4, -0.2) is 35.6 Å². The molecule has 3 amide bonds. The molecule has 0 aliphatic heterocycles. The smallest absolute Gasteiger partial charge is 0.328 e. The van der Waals surface area contributed by atoms with Gasteiger partial charge < -0.3 is 21.1 Å². The van der Waals surface area contributed by atoms with Crippen molar-refractivity contribution in [1.82, 2.24) is 16.0 Å². The molecular formula is C17H24ClN3O4. The molecule has 25 heavy (non-hydrogen) atoms. The van der Waals surface area contributed by atoms with E-state index in [4.69, 9.17) is 11.6 Å². The van der Waals surface area contributed by atoms with Crippen molar-refractivity contribution in [1.29, 1.82) is 0 Å². The molecule has 0 radical (unpaired) electrons. The van der Waals surface area contributed by atoms with Gasteiger partial charge in [0.15, 0.2) is 0 Å². The number of hydrogen-bond acceptors (Lipinski definition) is 3. The first-order valence-electron chi connectivity index (χ1n) is 8.16. The number of carboxylic acids is 1. The van der Waals surface area contributed by atoms with Crippen molar-refractivity contribution in [2.45, 2.75) is 39.3 Å². The summed E-state index contributed by atoms with van der Waals surface area (Å²) < 4.78 is 0. The van der Waals surface area contributed by atoms with Crippen molar-refractivity contribution in [3.8, 4) is 0 Å². The highest BCUT2D eigenvalue weighted by Gasteiger charge is 2.23. The zero-order valence-corrected chi connectivity index (χ0v) is 15.1. The molecule has 7 nitrogen and oxygen atoms in total. The minimum absolute atomic E-state index is 0.206. The Kier molecular flexibility index (Phi) is 8.77. The Hall–Kier alpha value is -2.28. The molecule has 0 aliphatic rings. The van der Waals surface area contributed by atoms with E-state index in [9.17, 15) is 19.5 Å². The van der Waals surface area contributed by atoms with Crippen molar-refractivity contribution < 1.29 is 19.5 Å². The van der Waals surface area contributed by atoms with E-state index in [1.165, 1.54) is 0 Å². The normalized spacial score (nSPS) is 11.7. The Morgan fingerprint density at radius 1 is 1.16 bits per heavy atom. The van der Waals surface area contributed by atoms with Gasteiger partial charge in [-0.25, -0.2) is 9.59 Å². The van der Waals surface area contributed by atoms with Gasteiger partial charge in [0.2, 0.25) is 5.91 Å². The lowest BCUT2D eigenvalue weighted by molar-refractivity contribution is -0.142. The maximum absolute atomic E-state index is 12.0. The predicted molar refractivity (Wildman–Crippen MR) is 95.3 cm³/mol. The SMILES string of the molecule is CCC(CC)C(=O)N[C@@H](CNC(=O)NCc1cccc(Cl)c1)C(=O)O. The Balaban J connectivity index is 2.47. The van der Waals surface area contributed by atoms with E-state index in [-0.39, 0.29) is 24.9 Å². The number of urea groups is 1. The van der Waals surface area contributed by atoms with E-state index in [0.29, 0.717) is 17.9 Å². The maximum Gasteiger partial charge on any atom is 0.328 e. The summed E-state index contributed by atoms with van der Waals surface area (Å²) in [6, 6.07) is 5.32. The quantitative estimate of drug-likeness (QED) is 0.534. The summed E-state index contributed by atoms with van der Waals surface area (Å²) in [5, 5.41) is 17.3. The molecule has 8 heteroatoms. The minimum atomic E-state index is -1.20. The summed E-state index contributed by atoms with van der Waals surface area (Å²) >= 11 is 5.86. The van der Waals surface area contributed by atoms with Crippen LogP contribution in [-0.2, 0) is 16.1 Å². The topological polar surface area (TPSA) is 108 Å². The van der Waals surface area contributed by atoms with Gasteiger partial charge in [0.25, 0.3) is 0 Å². The molecule has 0 aromatic heterocycles. The Morgan fingerprint density at radius 3 is 2.40 bits per heavy atom. The highest BCUT2D eigenvalue weighted by molar-refractivity contribution is 6.30. The first kappa shape index (κ1) is 20.8. The lowest BCUT2D eigenvalue weighted by Gasteiger charge is -2.19. The van der Waals surface area contributed by atoms with Gasteiger partial charge in [-0.15, -0.1) is 0 Å². The second kappa shape index (κ2) is 10.6. The third-order valence-electron chi connectivity index (χ3n) is 3.78. The molecule has 138 valence electrons. The number of hydrogen-bond donors (Lipinski definition) is 4. The molecular weight excluding hydrogens is 346 g/mol. The summed E-state index contributed by atoms with van der Waals surface area (Å²) in [6.07, 6.45) is 1.25. The average molecular weight is 370 g/mol. The predicted octanol–water partition coefficient (Wildman–Crippen LogP) is 2.14. The summed E-state index contributed by atoms with van der Waals surface area (Å²) in [6.45, 7) is 3.78. The summed E-state index contributed by atoms with van der Waals surface area (Å²) in [4.78, 5) is 35.1. The van der Waals surface area contributed by atoms with Gasteiger partial charge in [-0.3, -0.25) is 4.79 Å². The van der Waals surface area contributed by atoms with Crippen molar-refractivity contribution in [3.05, 3.63) is 34.9 Å². The first-order valence-corrected chi connectivity index (χ1v) is 8.54. The fourth-order valence-corrected chi connectivity index (χ4v) is 2.45. The standard InChI is InChI=1S/C17H24ClN3O4/c1-3-12(4-2)15(22)21-14(16(23)24)10-20-17(25)19-9-11-6-5-7-13(18)8-11/h5-8,12,14H,3-4,9-10H2,1-2H3,(H,21,22)(H,23,24)(H2,19,20,25)/t14-/m0/s1. The van der Waals surface area contributed by atoms with Gasteiger partial charge in [-0.05, 0) is 30.5 Å². The molecule has 4 N–H and O–H groups in total. The van der Waals surface area contributed by atoms with Gasteiger partial charge in [0.05, 0.1) is 6.54 Å². The average Bonchev–Trinajstić information content (AvgIpc) is 2.57. The van der Waals surface area contributed by atoms with Gasteiger partial charge in [0.1, 0.15) is 6.04 Å². The third-order valence-corrected chi connectivity index (χ3v) is 4.01. The minimum Gasteiger partial charge on any atom is -0.480 e. The molecule has 0 aliphatic carbocycles. The van der Waals surface area contributed by atoms with E-state index in [1.807, 2.05) is 19.9 Å². The molecule has 0 saturated carbocycles. The van der Waals surface area contributed by atoms with Crippen LogP contribution in [0.15, 0.2) is 24.3 Å². The van der Waals surface area contributed by atoms with E-state index in [0.717, 1.165) is 5.56 Å². The number of rotatable bonds is 9. The van der Waals surface area contributed by atoms with Crippen molar-refractivity contribution >= 4 is 29.5 Å². The van der Waals surface area contributed by atoms with E-state index < -0.39 is 18.0 Å². The van der Waals surface area contributed by atoms with Crippen LogP contribution in [0.2, 0.25) is 5.02 Å². The number of halogens is 1. The molecule has 0 fully saturated rings. The second-order valence-electron chi connectivity index (χ2n) is 5.61. The zero-order valence-electron chi connectivity index (χ0n) is 14.3. The Labute approximate surface area is 152 Å². The molecule has 0 bridgehead atoms. The second-order valence-corrected chi connectivity index (χ2v) is 6.04. The van der Waals surface area contributed by atoms with Crippen LogP contribution in [0.4, 0.5) is 4.79 Å². The third kappa shape index (κ3) is 7.43. The first-order chi connectivity index (χ1) is 11.9. The van der Waals surface area contributed by atoms with Crippen LogP contribution < -0.4 is 16.0 Å². The molecule has 1 atom stereocenters. The largest absolute Gasteiger partial charge is 0.480 e. The van der Waals surface area contributed by atoms with E-state index >= 15 is 0 Å². The number of carbonyl (C=O) groups excluding carboxylic acids is 2. The number of benzene rings is 1. The fraction of sp³-hybridized carbons (Fsp3) is 0.471. The van der Waals surface area contributed by atoms with Crippen LogP contribution in [0.5, 0.6) is 0 Å². The lowest BCUT2D eigenvalue weighted by atomic mass is 10.0. The number of aliphatic carboxylic acids is 1. The fourth-order valence-electron chi connectivity index (χ4n) is 2.24. The van der Waals surface area contributed by atoms with Crippen LogP contribution in [0.1, 0.15) is 32.3 Å². The van der Waals surface area contributed by atoms with Crippen molar-refractivity contribution in [2.24, 2.45) is 5.92 Å². The van der Waals surface area contributed by atoms with Crippen LogP contribution in [0.25, 0.3) is 0 Å². The van der Waals surface area contributed by atoms with Gasteiger partial charge in [0, 0.05) is 17.5 Å². The summed E-state index contributed by atoms with van der Waals surface area (Å²) in [5.74, 6) is -1.76. The molecule has 1 aromatic rings. The molecule has 1 aromatic carbocycles. The van der Waals surface area contributed by atoms with Gasteiger partial charge in [-0.2, -0.15) is 0 Å². The maximum atomic E-state index is 12.0. The zero-order chi connectivity index (χ0) is 18.8. The van der Waals surface area contributed by atoms with Crippen LogP contribution in [0.3, 0.4) is 0 Å². The van der Waals surface area contributed by atoms with Crippen molar-refractivity contribution in [2.75, 3.05) is 6.54 Å². The number of carboxylic acid groups (broad SMARTS) is 1. The summed E-state index contributed by atoms with van der Waals surface area (Å²) in [7, 11) is 0. The highest BCUT2D eigenvalue weighted by Crippen LogP contribution is 2.10. The summed E-state index contributed by atoms with van der Waals surface area (Å²) in [5.41, 5.74) is 0.819. The number of amides is 3. The van der Waals surface area contributed by atoms with Crippen LogP contribution in [0, 0.1) is 5.92 Å². The van der Waals surface area contributed by atoms with E-state index in [2.05, 4.69) is 16.0 Å². The Bertz CT molecular complexity index is 605. The van der Waals surface area contributed by atoms with Crippen LogP contribution >= 0.6 is 11.6 Å². The molecule has 0 heterocycles. The van der Waals surface area contributed by atoms with Gasteiger partial charge in [-0.1, -0.05) is 37.6 Å². The molecule has 0 saturated heterocycles. The van der Waals surface area contributed by atoms with E-state index in [1.54, 1.807) is 18.2 Å². The molecule has 0 unspecified atom stereocenters. The molecule has 1 rings (SSSR count).